The number of rotatable bonds is 3. The summed E-state index contributed by atoms with van der Waals surface area (Å²) in [6.45, 7) is 0. The molecule has 0 unspecified atom stereocenters. The Labute approximate surface area is 162 Å². The van der Waals surface area contributed by atoms with Crippen molar-refractivity contribution in [3.05, 3.63) is 103 Å². The molecule has 1 aromatic heterocycles. The molecule has 0 aliphatic carbocycles. The van der Waals surface area contributed by atoms with E-state index in [0.29, 0.717) is 18.2 Å². The fraction of sp³-hybridized carbons (Fsp3) is 0. The van der Waals surface area contributed by atoms with Crippen LogP contribution in [0.5, 0.6) is 0 Å². The summed E-state index contributed by atoms with van der Waals surface area (Å²) in [6.07, 6.45) is 0. The van der Waals surface area contributed by atoms with Gasteiger partial charge in [0.15, 0.2) is 0 Å². The summed E-state index contributed by atoms with van der Waals surface area (Å²) in [4.78, 5) is 32.7. The van der Waals surface area contributed by atoms with E-state index in [0.717, 1.165) is 11.0 Å². The number of fused-ring (bicyclic) bond motifs is 2. The molecule has 144 valence electrons. The molecule has 4 aromatic rings. The lowest BCUT2D eigenvalue weighted by Crippen LogP contribution is -1.96. The molecule has 0 saturated heterocycles. The predicted molar refractivity (Wildman–Crippen MR) is 106 cm³/mol. The van der Waals surface area contributed by atoms with Crippen LogP contribution in [0.3, 0.4) is 0 Å². The lowest BCUT2D eigenvalue weighted by atomic mass is 10.1. The van der Waals surface area contributed by atoms with Crippen molar-refractivity contribution in [2.75, 3.05) is 0 Å². The topological polar surface area (TPSA) is 142 Å². The second-order valence-electron chi connectivity index (χ2n) is 5.85. The second kappa shape index (κ2) is 8.05. The summed E-state index contributed by atoms with van der Waals surface area (Å²) < 4.78 is 0. The van der Waals surface area contributed by atoms with Crippen LogP contribution < -0.4 is 0 Å². The zero-order valence-corrected chi connectivity index (χ0v) is 14.7. The Morgan fingerprint density at radius 2 is 0.897 bits per heavy atom. The fourth-order valence-electron chi connectivity index (χ4n) is 2.62. The number of hydrogen-bond donors (Lipinski definition) is 0. The minimum Gasteiger partial charge on any atom is -0.258 e. The van der Waals surface area contributed by atoms with Gasteiger partial charge in [0, 0.05) is 10.8 Å². The molecule has 0 aliphatic rings. The lowest BCUT2D eigenvalue weighted by molar-refractivity contribution is -0.403. The van der Waals surface area contributed by atoms with Crippen LogP contribution in [0.2, 0.25) is 0 Å². The van der Waals surface area contributed by atoms with Gasteiger partial charge < -0.3 is 0 Å². The molecule has 0 N–H and O–H groups in total. The van der Waals surface area contributed by atoms with E-state index in [1.165, 1.54) is 10.8 Å². The van der Waals surface area contributed by atoms with Crippen molar-refractivity contribution in [1.29, 1.82) is 0 Å². The largest absolute Gasteiger partial charge is 0.283 e. The second-order valence-corrected chi connectivity index (χ2v) is 5.85. The monoisotopic (exact) mass is 392 g/mol. The van der Waals surface area contributed by atoms with Gasteiger partial charge in [0.1, 0.15) is 0 Å². The molecule has 0 atom stereocenters. The van der Waals surface area contributed by atoms with E-state index in [1.54, 1.807) is 0 Å². The Morgan fingerprint density at radius 3 is 1.24 bits per heavy atom. The zero-order chi connectivity index (χ0) is 21.0. The van der Waals surface area contributed by atoms with Gasteiger partial charge in [-0.3, -0.25) is 30.3 Å². The van der Waals surface area contributed by atoms with Crippen LogP contribution in [0, 0.1) is 30.3 Å². The van der Waals surface area contributed by atoms with Gasteiger partial charge in [-0.25, -0.2) is 4.98 Å². The Kier molecular flexibility index (Phi) is 5.35. The molecule has 0 fully saturated rings. The molecule has 0 amide bonds. The van der Waals surface area contributed by atoms with Crippen molar-refractivity contribution >= 4 is 38.9 Å². The fourth-order valence-corrected chi connectivity index (χ4v) is 2.62. The average Bonchev–Trinajstić information content (AvgIpc) is 2.72. The number of nitro benzene ring substituents is 3. The Bertz CT molecular complexity index is 1070. The number of benzene rings is 3. The molecule has 10 heteroatoms. The number of non-ortho nitro benzene ring substituents is 3. The van der Waals surface area contributed by atoms with Crippen molar-refractivity contribution in [1.82, 2.24) is 4.98 Å². The minimum absolute atomic E-state index is 0.660. The highest BCUT2D eigenvalue weighted by Crippen LogP contribution is 2.26. The molecule has 0 radical (unpaired) electrons. The van der Waals surface area contributed by atoms with Crippen molar-refractivity contribution in [3.63, 3.8) is 0 Å². The quantitative estimate of drug-likeness (QED) is 0.277. The highest BCUT2D eigenvalue weighted by atomic mass is 16.6. The van der Waals surface area contributed by atoms with Crippen LogP contribution in [0.15, 0.2) is 72.8 Å². The first-order valence-electron chi connectivity index (χ1n) is 8.18. The third-order valence-electron chi connectivity index (χ3n) is 3.95. The van der Waals surface area contributed by atoms with Gasteiger partial charge >= 0.3 is 0 Å². The highest BCUT2D eigenvalue weighted by molar-refractivity contribution is 5.92. The number of aromatic nitrogens is 1. The Hall–Kier alpha value is -4.47. The van der Waals surface area contributed by atoms with Crippen molar-refractivity contribution in [2.24, 2.45) is 0 Å². The molecule has 4 rings (SSSR count). The maximum atomic E-state index is 10.3. The number of para-hydroxylation sites is 2. The van der Waals surface area contributed by atoms with Gasteiger partial charge in [0.25, 0.3) is 17.1 Å². The van der Waals surface area contributed by atoms with Crippen LogP contribution in [0.25, 0.3) is 21.8 Å². The van der Waals surface area contributed by atoms with Crippen LogP contribution in [-0.2, 0) is 0 Å². The van der Waals surface area contributed by atoms with Crippen LogP contribution in [0.4, 0.5) is 17.1 Å². The molecule has 10 nitrogen and oxygen atoms in total. The average molecular weight is 392 g/mol. The SMILES string of the molecule is O=[N+]([O-])c1cc([N+](=O)[O-])cc([N+](=O)[O-])c1.c1ccc2nc3ccccc3cc2c1. The van der Waals surface area contributed by atoms with Gasteiger partial charge in [0.2, 0.25) is 0 Å². The zero-order valence-electron chi connectivity index (χ0n) is 14.7. The molecule has 0 aliphatic heterocycles. The smallest absolute Gasteiger partial charge is 0.258 e. The third kappa shape index (κ3) is 4.45. The lowest BCUT2D eigenvalue weighted by Gasteiger charge is -1.99. The van der Waals surface area contributed by atoms with Crippen LogP contribution in [-0.4, -0.2) is 19.8 Å². The van der Waals surface area contributed by atoms with Gasteiger partial charge in [-0.2, -0.15) is 0 Å². The summed E-state index contributed by atoms with van der Waals surface area (Å²) in [6, 6.07) is 20.5. The van der Waals surface area contributed by atoms with E-state index in [2.05, 4.69) is 23.2 Å². The third-order valence-corrected chi connectivity index (χ3v) is 3.95. The number of nitrogens with zero attached hydrogens (tertiary/aromatic N) is 4. The number of nitro groups is 3. The van der Waals surface area contributed by atoms with E-state index >= 15 is 0 Å². The molecule has 0 bridgehead atoms. The first-order valence-corrected chi connectivity index (χ1v) is 8.18. The normalized spacial score (nSPS) is 10.2. The van der Waals surface area contributed by atoms with E-state index in [-0.39, 0.29) is 0 Å². The van der Waals surface area contributed by atoms with Crippen LogP contribution >= 0.6 is 0 Å². The maximum absolute atomic E-state index is 10.3. The summed E-state index contributed by atoms with van der Waals surface area (Å²) in [5.74, 6) is 0. The molecule has 1 heterocycles. The molecule has 0 spiro atoms. The van der Waals surface area contributed by atoms with E-state index in [1.807, 2.05) is 36.4 Å². The maximum Gasteiger partial charge on any atom is 0.283 e. The minimum atomic E-state index is -0.931. The van der Waals surface area contributed by atoms with Crippen molar-refractivity contribution in [3.8, 4) is 0 Å². The van der Waals surface area contributed by atoms with E-state index < -0.39 is 31.8 Å². The van der Waals surface area contributed by atoms with E-state index in [4.69, 9.17) is 0 Å². The number of hydrogen-bond acceptors (Lipinski definition) is 7. The van der Waals surface area contributed by atoms with Gasteiger partial charge in [-0.15, -0.1) is 0 Å². The molecule has 3 aromatic carbocycles. The summed E-state index contributed by atoms with van der Waals surface area (Å²) in [5, 5.41) is 33.3. The standard InChI is InChI=1S/C13H9N.C6H3N3O6/c1-3-7-12-10(5-1)9-11-6-2-4-8-13(11)14-12;10-7(11)4-1-5(8(12)13)3-6(2-4)9(14)15/h1-9H;1-3H. The first kappa shape index (κ1) is 19.3. The van der Waals surface area contributed by atoms with Crippen molar-refractivity contribution < 1.29 is 14.8 Å². The predicted octanol–water partition coefficient (Wildman–Crippen LogP) is 4.80. The van der Waals surface area contributed by atoms with Crippen molar-refractivity contribution in [2.45, 2.75) is 0 Å². The molecule has 29 heavy (non-hydrogen) atoms. The molecular formula is C19H12N4O6. The summed E-state index contributed by atoms with van der Waals surface area (Å²) >= 11 is 0. The first-order chi connectivity index (χ1) is 13.8. The number of pyridine rings is 1. The summed E-state index contributed by atoms with van der Waals surface area (Å²) in [5.41, 5.74) is 0.0695. The Balaban J connectivity index is 0.000000166. The van der Waals surface area contributed by atoms with E-state index in [9.17, 15) is 30.3 Å². The molecular weight excluding hydrogens is 380 g/mol. The van der Waals surface area contributed by atoms with Crippen LogP contribution in [0.1, 0.15) is 0 Å². The van der Waals surface area contributed by atoms with Gasteiger partial charge in [0.05, 0.1) is 44.0 Å². The highest BCUT2D eigenvalue weighted by Gasteiger charge is 2.21. The summed E-state index contributed by atoms with van der Waals surface area (Å²) in [7, 11) is 0. The van der Waals surface area contributed by atoms with Gasteiger partial charge in [-0.1, -0.05) is 36.4 Å². The molecule has 0 saturated carbocycles. The van der Waals surface area contributed by atoms with Gasteiger partial charge in [-0.05, 0) is 18.2 Å². The Morgan fingerprint density at radius 1 is 0.552 bits per heavy atom.